The largest absolute Gasteiger partial charge is 0.493 e. The topological polar surface area (TPSA) is 43.0 Å². The normalized spacial score (nSPS) is 15.9. The summed E-state index contributed by atoms with van der Waals surface area (Å²) in [6.07, 6.45) is -2.52. The van der Waals surface area contributed by atoms with Gasteiger partial charge in [0.15, 0.2) is 11.5 Å². The molecule has 0 unspecified atom stereocenters. The zero-order valence-corrected chi connectivity index (χ0v) is 15.5. The molecule has 0 aliphatic carbocycles. The molecule has 1 saturated heterocycles. The lowest BCUT2D eigenvalue weighted by atomic mass is 10.0. The van der Waals surface area contributed by atoms with Gasteiger partial charge < -0.3 is 19.5 Å². The zero-order valence-electron chi connectivity index (χ0n) is 13.9. The van der Waals surface area contributed by atoms with Crippen LogP contribution in [0.5, 0.6) is 17.2 Å². The predicted octanol–water partition coefficient (Wildman–Crippen LogP) is 2.77. The van der Waals surface area contributed by atoms with E-state index in [1.807, 2.05) is 0 Å². The summed E-state index contributed by atoms with van der Waals surface area (Å²) in [6.45, 7) is 2.51. The van der Waals surface area contributed by atoms with Crippen LogP contribution in [0.3, 0.4) is 0 Å². The number of piperazine rings is 1. The summed E-state index contributed by atoms with van der Waals surface area (Å²) in [5, 5.41) is 3.17. The monoisotopic (exact) mass is 388 g/mol. The number of alkyl halides is 2. The van der Waals surface area contributed by atoms with Gasteiger partial charge in [-0.05, 0) is 12.1 Å². The molecule has 0 radical (unpaired) electrons. The molecule has 0 aromatic heterocycles. The Kier molecular flexibility index (Phi) is 10.3. The minimum absolute atomic E-state index is 0. The minimum atomic E-state index is -2.52. The van der Waals surface area contributed by atoms with E-state index in [1.54, 1.807) is 17.0 Å². The zero-order chi connectivity index (χ0) is 16.1. The van der Waals surface area contributed by atoms with Crippen LogP contribution in [-0.4, -0.2) is 58.8 Å². The summed E-state index contributed by atoms with van der Waals surface area (Å²) in [4.78, 5) is 1.77. The lowest BCUT2D eigenvalue weighted by Gasteiger charge is -2.35. The molecule has 24 heavy (non-hydrogen) atoms. The van der Waals surface area contributed by atoms with Crippen molar-refractivity contribution in [2.75, 3.05) is 47.5 Å². The first kappa shape index (κ1) is 23.0. The fourth-order valence-corrected chi connectivity index (χ4v) is 2.81. The van der Waals surface area contributed by atoms with Gasteiger partial charge in [0.25, 0.3) is 6.43 Å². The van der Waals surface area contributed by atoms with Crippen LogP contribution in [0.25, 0.3) is 0 Å². The van der Waals surface area contributed by atoms with E-state index in [4.69, 9.17) is 14.2 Å². The van der Waals surface area contributed by atoms with Gasteiger partial charge in [0.05, 0.1) is 21.3 Å². The first-order valence-corrected chi connectivity index (χ1v) is 7.15. The van der Waals surface area contributed by atoms with Crippen molar-refractivity contribution in [3.05, 3.63) is 17.7 Å². The molecule has 1 heterocycles. The molecule has 0 spiro atoms. The van der Waals surface area contributed by atoms with Gasteiger partial charge in [-0.1, -0.05) is 0 Å². The summed E-state index contributed by atoms with van der Waals surface area (Å²) >= 11 is 0. The SMILES string of the molecule is COc1ccc([C@H](C(F)F)N2CCNCC2)c(OC)c1OC.Cl.Cl. The van der Waals surface area contributed by atoms with Gasteiger partial charge in [-0.15, -0.1) is 24.8 Å². The highest BCUT2D eigenvalue weighted by molar-refractivity contribution is 5.85. The van der Waals surface area contributed by atoms with Gasteiger partial charge in [0.2, 0.25) is 5.75 Å². The summed E-state index contributed by atoms with van der Waals surface area (Å²) in [5.41, 5.74) is 0.414. The Hall–Kier alpha value is -1.02. The van der Waals surface area contributed by atoms with Crippen molar-refractivity contribution >= 4 is 24.8 Å². The standard InChI is InChI=1S/C15H22F2N2O3.2ClH/c1-20-11-5-4-10(13(21-2)14(11)22-3)12(15(16)17)19-8-6-18-7-9-19;;/h4-5,12,15,18H,6-9H2,1-3H3;2*1H/t12-;;/m1../s1. The van der Waals surface area contributed by atoms with E-state index in [2.05, 4.69) is 5.32 Å². The summed E-state index contributed by atoms with van der Waals surface area (Å²) < 4.78 is 43.3. The molecule has 1 aromatic rings. The molecule has 1 aliphatic rings. The molecule has 1 atom stereocenters. The fourth-order valence-electron chi connectivity index (χ4n) is 2.81. The van der Waals surface area contributed by atoms with E-state index in [-0.39, 0.29) is 24.8 Å². The highest BCUT2D eigenvalue weighted by atomic mass is 35.5. The Morgan fingerprint density at radius 3 is 2.00 bits per heavy atom. The third kappa shape index (κ3) is 4.75. The van der Waals surface area contributed by atoms with Crippen LogP contribution >= 0.6 is 24.8 Å². The summed E-state index contributed by atoms with van der Waals surface area (Å²) in [6, 6.07) is 2.23. The maximum absolute atomic E-state index is 13.7. The number of hydrogen-bond acceptors (Lipinski definition) is 5. The molecule has 0 bridgehead atoms. The summed E-state index contributed by atoms with van der Waals surface area (Å²) in [7, 11) is 4.41. The van der Waals surface area contributed by atoms with E-state index in [1.165, 1.54) is 21.3 Å². The molecular formula is C15H24Cl2F2N2O3. The van der Waals surface area contributed by atoms with Crippen LogP contribution in [0.15, 0.2) is 12.1 Å². The predicted molar refractivity (Wildman–Crippen MR) is 93.8 cm³/mol. The second kappa shape index (κ2) is 10.8. The van der Waals surface area contributed by atoms with Crippen molar-refractivity contribution in [2.45, 2.75) is 12.5 Å². The number of hydrogen-bond donors (Lipinski definition) is 1. The Labute approximate surface area is 153 Å². The maximum atomic E-state index is 13.7. The Morgan fingerprint density at radius 1 is 0.958 bits per heavy atom. The number of nitrogens with zero attached hydrogens (tertiary/aromatic N) is 1. The number of methoxy groups -OCH3 is 3. The van der Waals surface area contributed by atoms with Crippen LogP contribution in [0.4, 0.5) is 8.78 Å². The van der Waals surface area contributed by atoms with Crippen molar-refractivity contribution in [1.29, 1.82) is 0 Å². The highest BCUT2D eigenvalue weighted by Crippen LogP contribution is 2.44. The Balaban J connectivity index is 0.00000264. The molecule has 1 aliphatic heterocycles. The van der Waals surface area contributed by atoms with Gasteiger partial charge in [-0.2, -0.15) is 0 Å². The molecule has 1 fully saturated rings. The number of rotatable bonds is 6. The second-order valence-corrected chi connectivity index (χ2v) is 4.99. The van der Waals surface area contributed by atoms with Crippen molar-refractivity contribution < 1.29 is 23.0 Å². The highest BCUT2D eigenvalue weighted by Gasteiger charge is 2.34. The fraction of sp³-hybridized carbons (Fsp3) is 0.600. The maximum Gasteiger partial charge on any atom is 0.258 e. The van der Waals surface area contributed by atoms with Crippen molar-refractivity contribution in [1.82, 2.24) is 10.2 Å². The van der Waals surface area contributed by atoms with Gasteiger partial charge >= 0.3 is 0 Å². The lowest BCUT2D eigenvalue weighted by molar-refractivity contribution is 0.0168. The quantitative estimate of drug-likeness (QED) is 0.811. The number of nitrogens with one attached hydrogen (secondary N) is 1. The number of halogens is 4. The molecular weight excluding hydrogens is 365 g/mol. The average molecular weight is 389 g/mol. The van der Waals surface area contributed by atoms with Gasteiger partial charge in [-0.3, -0.25) is 4.90 Å². The molecule has 5 nitrogen and oxygen atoms in total. The summed E-state index contributed by atoms with van der Waals surface area (Å²) in [5.74, 6) is 1.09. The van der Waals surface area contributed by atoms with Crippen LogP contribution < -0.4 is 19.5 Å². The van der Waals surface area contributed by atoms with Crippen molar-refractivity contribution in [3.63, 3.8) is 0 Å². The molecule has 9 heteroatoms. The second-order valence-electron chi connectivity index (χ2n) is 4.99. The lowest BCUT2D eigenvalue weighted by Crippen LogP contribution is -2.47. The van der Waals surface area contributed by atoms with Gasteiger partial charge in [0, 0.05) is 31.7 Å². The molecule has 2 rings (SSSR count). The van der Waals surface area contributed by atoms with E-state index >= 15 is 0 Å². The number of ether oxygens (including phenoxy) is 3. The van der Waals surface area contributed by atoms with Crippen LogP contribution in [-0.2, 0) is 0 Å². The van der Waals surface area contributed by atoms with Gasteiger partial charge in [-0.25, -0.2) is 8.78 Å². The molecule has 1 N–H and O–H groups in total. The molecule has 140 valence electrons. The first-order chi connectivity index (χ1) is 10.6. The molecule has 0 saturated carbocycles. The van der Waals surface area contributed by atoms with E-state index in [9.17, 15) is 8.78 Å². The van der Waals surface area contributed by atoms with Crippen LogP contribution in [0, 0.1) is 0 Å². The Bertz CT molecular complexity index is 504. The van der Waals surface area contributed by atoms with Crippen LogP contribution in [0.2, 0.25) is 0 Å². The molecule has 1 aromatic carbocycles. The first-order valence-electron chi connectivity index (χ1n) is 7.15. The van der Waals surface area contributed by atoms with Crippen molar-refractivity contribution in [2.24, 2.45) is 0 Å². The molecule has 0 amide bonds. The minimum Gasteiger partial charge on any atom is -0.493 e. The van der Waals surface area contributed by atoms with E-state index in [0.29, 0.717) is 49.0 Å². The van der Waals surface area contributed by atoms with Crippen LogP contribution in [0.1, 0.15) is 11.6 Å². The number of benzene rings is 1. The third-order valence-electron chi connectivity index (χ3n) is 3.84. The van der Waals surface area contributed by atoms with E-state index in [0.717, 1.165) is 0 Å². The van der Waals surface area contributed by atoms with Gasteiger partial charge in [0.1, 0.15) is 6.04 Å². The van der Waals surface area contributed by atoms with Crippen molar-refractivity contribution in [3.8, 4) is 17.2 Å². The smallest absolute Gasteiger partial charge is 0.258 e. The third-order valence-corrected chi connectivity index (χ3v) is 3.84. The average Bonchev–Trinajstić information content (AvgIpc) is 2.55. The van der Waals surface area contributed by atoms with E-state index < -0.39 is 12.5 Å². The Morgan fingerprint density at radius 2 is 1.54 bits per heavy atom.